The van der Waals surface area contributed by atoms with Crippen molar-refractivity contribution in [1.29, 1.82) is 0 Å². The van der Waals surface area contributed by atoms with Crippen LogP contribution < -0.4 is 5.46 Å². The molecule has 0 radical (unpaired) electrons. The molecule has 1 aliphatic carbocycles. The third kappa shape index (κ3) is 3.55. The van der Waals surface area contributed by atoms with E-state index in [4.69, 9.17) is 37.4 Å². The molecule has 166 valence electrons. The molecular weight excluding hydrogens is 457 g/mol. The predicted molar refractivity (Wildman–Crippen MR) is 111 cm³/mol. The fourth-order valence-corrected chi connectivity index (χ4v) is 5.02. The summed E-state index contributed by atoms with van der Waals surface area (Å²) in [7, 11) is 0.255. The normalized spacial score (nSPS) is 27.6. The Morgan fingerprint density at radius 3 is 2.61 bits per heavy atom. The van der Waals surface area contributed by atoms with E-state index in [1.165, 1.54) is 13.2 Å². The van der Waals surface area contributed by atoms with Crippen molar-refractivity contribution >= 4 is 41.5 Å². The van der Waals surface area contributed by atoms with Crippen molar-refractivity contribution in [3.8, 4) is 0 Å². The first-order valence-corrected chi connectivity index (χ1v) is 10.3. The maximum Gasteiger partial charge on any atom is 0.492 e. The Hall–Kier alpha value is -1.68. The fraction of sp³-hybridized carbons (Fsp3) is 0.450. The molecule has 0 spiro atoms. The molecule has 0 aromatic heterocycles. The number of benzene rings is 1. The van der Waals surface area contributed by atoms with E-state index >= 15 is 0 Å². The molecule has 3 aliphatic rings. The second-order valence-electron chi connectivity index (χ2n) is 8.24. The van der Waals surface area contributed by atoms with E-state index in [1.807, 2.05) is 0 Å². The minimum absolute atomic E-state index is 0.00478. The van der Waals surface area contributed by atoms with E-state index in [2.05, 4.69) is 5.16 Å². The quantitative estimate of drug-likeness (QED) is 0.662. The molecule has 2 aliphatic heterocycles. The number of oxime groups is 1. The second-order valence-corrected chi connectivity index (χ2v) is 9.10. The molecule has 0 bridgehead atoms. The molecule has 5 nitrogen and oxygen atoms in total. The molecule has 2 heterocycles. The van der Waals surface area contributed by atoms with Crippen LogP contribution in [0.1, 0.15) is 37.8 Å². The summed E-state index contributed by atoms with van der Waals surface area (Å²) in [6, 6.07) is 4.91. The van der Waals surface area contributed by atoms with Crippen LogP contribution in [0, 0.1) is 5.92 Å². The Labute approximate surface area is 187 Å². The van der Waals surface area contributed by atoms with Crippen molar-refractivity contribution in [3.63, 3.8) is 0 Å². The SMILES string of the molecule is COC1=C(Cl)CC(C2(C(F)(F)F)CC(c3ccc4c(c3)C(C)(C)OB4O)=NO2)C=C1Cl. The number of hydrogen-bond acceptors (Lipinski definition) is 5. The Morgan fingerprint density at radius 2 is 2.00 bits per heavy atom. The Bertz CT molecular complexity index is 1020. The molecular formula is C20H19BCl2F3NO4. The van der Waals surface area contributed by atoms with Gasteiger partial charge in [0.15, 0.2) is 5.76 Å². The Morgan fingerprint density at radius 1 is 1.29 bits per heavy atom. The van der Waals surface area contributed by atoms with Gasteiger partial charge in [-0.25, -0.2) is 0 Å². The van der Waals surface area contributed by atoms with Gasteiger partial charge in [0.05, 0.1) is 28.5 Å². The van der Waals surface area contributed by atoms with E-state index in [1.54, 1.807) is 32.0 Å². The summed E-state index contributed by atoms with van der Waals surface area (Å²) in [4.78, 5) is 5.13. The number of rotatable bonds is 3. The van der Waals surface area contributed by atoms with Gasteiger partial charge in [0.2, 0.25) is 5.60 Å². The van der Waals surface area contributed by atoms with Crippen molar-refractivity contribution in [1.82, 2.24) is 0 Å². The zero-order valence-corrected chi connectivity index (χ0v) is 18.4. The van der Waals surface area contributed by atoms with Crippen LogP contribution in [0.25, 0.3) is 0 Å². The van der Waals surface area contributed by atoms with E-state index < -0.39 is 36.8 Å². The number of allylic oxidation sites excluding steroid dienone is 2. The highest BCUT2D eigenvalue weighted by atomic mass is 35.5. The van der Waals surface area contributed by atoms with Gasteiger partial charge in [-0.1, -0.05) is 46.6 Å². The number of halogens is 5. The van der Waals surface area contributed by atoms with E-state index in [9.17, 15) is 18.2 Å². The van der Waals surface area contributed by atoms with Gasteiger partial charge in [-0.15, -0.1) is 0 Å². The summed E-state index contributed by atoms with van der Waals surface area (Å²) in [6.07, 6.45) is -4.15. The number of nitrogens with zero attached hydrogens (tertiary/aromatic N) is 1. The monoisotopic (exact) mass is 475 g/mol. The summed E-state index contributed by atoms with van der Waals surface area (Å²) >= 11 is 12.3. The number of alkyl halides is 3. The van der Waals surface area contributed by atoms with Gasteiger partial charge in [-0.2, -0.15) is 13.2 Å². The lowest BCUT2D eigenvalue weighted by Crippen LogP contribution is -2.51. The van der Waals surface area contributed by atoms with Crippen LogP contribution in [-0.2, 0) is 19.8 Å². The van der Waals surface area contributed by atoms with Crippen LogP contribution in [0.3, 0.4) is 0 Å². The largest absolute Gasteiger partial charge is 0.494 e. The first kappa shape index (κ1) is 22.5. The molecule has 1 aromatic rings. The van der Waals surface area contributed by atoms with Gasteiger partial charge in [0.1, 0.15) is 0 Å². The average Bonchev–Trinajstić information content (AvgIpc) is 3.22. The minimum atomic E-state index is -4.74. The second kappa shape index (κ2) is 7.44. The summed E-state index contributed by atoms with van der Waals surface area (Å²) < 4.78 is 53.5. The maximum absolute atomic E-state index is 14.3. The number of fused-ring (bicyclic) bond motifs is 1. The molecule has 11 heteroatoms. The molecule has 0 saturated carbocycles. The molecule has 4 rings (SSSR count). The Kier molecular flexibility index (Phi) is 5.40. The van der Waals surface area contributed by atoms with Crippen LogP contribution in [0.5, 0.6) is 0 Å². The van der Waals surface area contributed by atoms with E-state index in [0.29, 0.717) is 16.6 Å². The van der Waals surface area contributed by atoms with Crippen molar-refractivity contribution in [2.24, 2.45) is 11.1 Å². The summed E-state index contributed by atoms with van der Waals surface area (Å²) in [5, 5.41) is 14.0. The van der Waals surface area contributed by atoms with Crippen LogP contribution in [0.2, 0.25) is 0 Å². The van der Waals surface area contributed by atoms with Gasteiger partial charge >= 0.3 is 13.3 Å². The van der Waals surface area contributed by atoms with Crippen molar-refractivity contribution in [2.45, 2.75) is 44.1 Å². The molecule has 0 fully saturated rings. The van der Waals surface area contributed by atoms with Crippen molar-refractivity contribution in [3.05, 3.63) is 51.2 Å². The van der Waals surface area contributed by atoms with Crippen LogP contribution in [0.4, 0.5) is 13.2 Å². The van der Waals surface area contributed by atoms with Crippen molar-refractivity contribution in [2.75, 3.05) is 7.11 Å². The maximum atomic E-state index is 14.3. The zero-order valence-electron chi connectivity index (χ0n) is 16.9. The molecule has 0 amide bonds. The van der Waals surface area contributed by atoms with Crippen molar-refractivity contribution < 1.29 is 32.4 Å². The van der Waals surface area contributed by atoms with Gasteiger partial charge in [-0.05, 0) is 42.9 Å². The van der Waals surface area contributed by atoms with Crippen LogP contribution in [-0.4, -0.2) is 36.7 Å². The molecule has 0 saturated heterocycles. The first-order valence-electron chi connectivity index (χ1n) is 9.52. The zero-order chi connectivity index (χ0) is 22.8. The first-order chi connectivity index (χ1) is 14.4. The topological polar surface area (TPSA) is 60.3 Å². The Balaban J connectivity index is 1.68. The molecule has 31 heavy (non-hydrogen) atoms. The third-order valence-electron chi connectivity index (χ3n) is 5.95. The molecule has 1 aromatic carbocycles. The summed E-state index contributed by atoms with van der Waals surface area (Å²) in [6.45, 7) is 3.55. The van der Waals surface area contributed by atoms with Crippen LogP contribution >= 0.6 is 23.2 Å². The third-order valence-corrected chi connectivity index (χ3v) is 6.57. The lowest BCUT2D eigenvalue weighted by Gasteiger charge is -2.36. The van der Waals surface area contributed by atoms with Gasteiger partial charge in [0.25, 0.3) is 0 Å². The standard InChI is InChI=1S/C20H19BCl2F3NO4/c1-18(2)12-6-10(4-5-13(12)21(28)30-18)16-9-19(31-27-16,20(24,25)26)11-7-14(22)17(29-3)15(23)8-11/h4-7,11,28H,8-9H2,1-3H3. The molecule has 2 unspecified atom stereocenters. The lowest BCUT2D eigenvalue weighted by atomic mass is 9.76. The minimum Gasteiger partial charge on any atom is -0.494 e. The number of ether oxygens (including phenoxy) is 1. The molecule has 2 atom stereocenters. The number of methoxy groups -OCH3 is 1. The molecule has 1 N–H and O–H groups in total. The van der Waals surface area contributed by atoms with Gasteiger partial charge in [0, 0.05) is 12.3 Å². The lowest BCUT2D eigenvalue weighted by molar-refractivity contribution is -0.283. The van der Waals surface area contributed by atoms with Gasteiger partial charge in [-0.3, -0.25) is 0 Å². The highest BCUT2D eigenvalue weighted by molar-refractivity contribution is 6.62. The van der Waals surface area contributed by atoms with Gasteiger partial charge < -0.3 is 19.3 Å². The highest BCUT2D eigenvalue weighted by Crippen LogP contribution is 2.51. The fourth-order valence-electron chi connectivity index (χ4n) is 4.28. The highest BCUT2D eigenvalue weighted by Gasteiger charge is 2.65. The predicted octanol–water partition coefficient (Wildman–Crippen LogP) is 4.30. The van der Waals surface area contributed by atoms with E-state index in [0.717, 1.165) is 0 Å². The summed E-state index contributed by atoms with van der Waals surface area (Å²) in [5.74, 6) is -1.04. The summed E-state index contributed by atoms with van der Waals surface area (Å²) in [5.41, 5.74) is -1.56. The van der Waals surface area contributed by atoms with E-state index in [-0.39, 0.29) is 28.0 Å². The average molecular weight is 476 g/mol. The van der Waals surface area contributed by atoms with Crippen LogP contribution in [0.15, 0.2) is 45.3 Å². The number of hydrogen-bond donors (Lipinski definition) is 1. The smallest absolute Gasteiger partial charge is 0.492 e.